The summed E-state index contributed by atoms with van der Waals surface area (Å²) >= 11 is 5.67. The van der Waals surface area contributed by atoms with Gasteiger partial charge in [-0.25, -0.2) is 4.39 Å². The first-order valence-corrected chi connectivity index (χ1v) is 6.15. The van der Waals surface area contributed by atoms with E-state index in [1.165, 1.54) is 25.3 Å². The van der Waals surface area contributed by atoms with Gasteiger partial charge in [-0.2, -0.15) is 0 Å². The minimum absolute atomic E-state index is 0.319. The molecule has 0 amide bonds. The van der Waals surface area contributed by atoms with Gasteiger partial charge in [0.15, 0.2) is 0 Å². The lowest BCUT2D eigenvalue weighted by atomic mass is 9.80. The second kappa shape index (κ2) is 5.15. The average molecular weight is 243 g/mol. The molecule has 1 saturated carbocycles. The molecule has 0 radical (unpaired) electrons. The van der Waals surface area contributed by atoms with Crippen LogP contribution in [0.4, 0.5) is 4.39 Å². The molecule has 16 heavy (non-hydrogen) atoms. The summed E-state index contributed by atoms with van der Waals surface area (Å²) in [4.78, 5) is 0. The fraction of sp³-hybridized carbons (Fsp3) is 0.538. The van der Waals surface area contributed by atoms with Crippen LogP contribution >= 0.6 is 11.6 Å². The van der Waals surface area contributed by atoms with Crippen molar-refractivity contribution in [1.82, 2.24) is 0 Å². The summed E-state index contributed by atoms with van der Waals surface area (Å²) in [6.07, 6.45) is 4.44. The van der Waals surface area contributed by atoms with Crippen LogP contribution in [-0.4, -0.2) is 11.2 Å². The number of aliphatic hydroxyl groups excluding tert-OH is 1. The van der Waals surface area contributed by atoms with Crippen LogP contribution in [0, 0.1) is 11.7 Å². The van der Waals surface area contributed by atoms with Gasteiger partial charge in [-0.05, 0) is 30.0 Å². The third-order valence-electron chi connectivity index (χ3n) is 3.30. The van der Waals surface area contributed by atoms with E-state index in [0.717, 1.165) is 6.42 Å². The van der Waals surface area contributed by atoms with E-state index in [1.807, 2.05) is 0 Å². The van der Waals surface area contributed by atoms with Crippen LogP contribution < -0.4 is 0 Å². The first kappa shape index (κ1) is 11.9. The Morgan fingerprint density at radius 3 is 2.75 bits per heavy atom. The zero-order valence-corrected chi connectivity index (χ0v) is 9.88. The van der Waals surface area contributed by atoms with Gasteiger partial charge in [-0.3, -0.25) is 0 Å². The molecule has 1 aromatic carbocycles. The molecule has 2 rings (SSSR count). The van der Waals surface area contributed by atoms with Crippen molar-refractivity contribution in [3.05, 3.63) is 34.6 Å². The predicted molar refractivity (Wildman–Crippen MR) is 63.1 cm³/mol. The van der Waals surface area contributed by atoms with Crippen molar-refractivity contribution in [3.8, 4) is 0 Å². The molecule has 1 atom stereocenters. The average Bonchev–Trinajstić information content (AvgIpc) is 2.16. The topological polar surface area (TPSA) is 20.2 Å². The van der Waals surface area contributed by atoms with E-state index >= 15 is 0 Å². The van der Waals surface area contributed by atoms with Crippen LogP contribution in [0.3, 0.4) is 0 Å². The Hall–Kier alpha value is -0.600. The van der Waals surface area contributed by atoms with Crippen molar-refractivity contribution in [2.45, 2.75) is 38.2 Å². The van der Waals surface area contributed by atoms with Crippen molar-refractivity contribution in [1.29, 1.82) is 0 Å². The Bertz CT molecular complexity index is 363. The molecule has 1 nitrogen and oxygen atoms in total. The number of rotatable bonds is 4. The zero-order valence-electron chi connectivity index (χ0n) is 9.13. The lowest BCUT2D eigenvalue weighted by molar-refractivity contribution is 0.117. The Morgan fingerprint density at radius 1 is 1.44 bits per heavy atom. The van der Waals surface area contributed by atoms with E-state index < -0.39 is 6.10 Å². The number of benzene rings is 1. The summed E-state index contributed by atoms with van der Waals surface area (Å²) in [5, 5.41) is 10.2. The van der Waals surface area contributed by atoms with Gasteiger partial charge >= 0.3 is 0 Å². The third kappa shape index (κ3) is 2.96. The molecular formula is C13H16ClFO. The molecule has 1 aliphatic rings. The highest BCUT2D eigenvalue weighted by molar-refractivity contribution is 6.30. The summed E-state index contributed by atoms with van der Waals surface area (Å²) in [6, 6.07) is 4.62. The second-order valence-corrected chi connectivity index (χ2v) is 5.06. The molecule has 0 aliphatic heterocycles. The maximum absolute atomic E-state index is 13.4. The van der Waals surface area contributed by atoms with Gasteiger partial charge in [0.2, 0.25) is 0 Å². The molecule has 1 N–H and O–H groups in total. The lowest BCUT2D eigenvalue weighted by Crippen LogP contribution is -2.21. The van der Waals surface area contributed by atoms with Crippen molar-refractivity contribution < 1.29 is 9.50 Å². The highest BCUT2D eigenvalue weighted by Gasteiger charge is 2.21. The van der Waals surface area contributed by atoms with E-state index in [1.54, 1.807) is 12.1 Å². The maximum atomic E-state index is 13.4. The van der Waals surface area contributed by atoms with Gasteiger partial charge in [-0.15, -0.1) is 0 Å². The SMILES string of the molecule is OC(Cc1ccc(Cl)cc1F)CC1CCC1. The Labute approximate surface area is 100 Å². The molecule has 0 aromatic heterocycles. The molecule has 0 saturated heterocycles. The predicted octanol–water partition coefficient (Wildman–Crippen LogP) is 3.57. The smallest absolute Gasteiger partial charge is 0.127 e. The molecule has 1 aromatic rings. The van der Waals surface area contributed by atoms with Gasteiger partial charge in [0.1, 0.15) is 5.82 Å². The molecule has 88 valence electrons. The van der Waals surface area contributed by atoms with Crippen molar-refractivity contribution in [3.63, 3.8) is 0 Å². The van der Waals surface area contributed by atoms with Crippen molar-refractivity contribution in [2.75, 3.05) is 0 Å². The zero-order chi connectivity index (χ0) is 11.5. The monoisotopic (exact) mass is 242 g/mol. The quantitative estimate of drug-likeness (QED) is 0.856. The normalized spacial score (nSPS) is 18.2. The first-order chi connectivity index (χ1) is 7.65. The number of hydrogen-bond acceptors (Lipinski definition) is 1. The van der Waals surface area contributed by atoms with E-state index in [2.05, 4.69) is 0 Å². The molecule has 3 heteroatoms. The van der Waals surface area contributed by atoms with Gasteiger partial charge in [-0.1, -0.05) is 36.9 Å². The van der Waals surface area contributed by atoms with E-state index in [-0.39, 0.29) is 5.82 Å². The van der Waals surface area contributed by atoms with E-state index in [0.29, 0.717) is 22.9 Å². The van der Waals surface area contributed by atoms with Crippen LogP contribution in [0.5, 0.6) is 0 Å². The minimum Gasteiger partial charge on any atom is -0.393 e. The fourth-order valence-electron chi connectivity index (χ4n) is 2.14. The highest BCUT2D eigenvalue weighted by atomic mass is 35.5. The Morgan fingerprint density at radius 2 is 2.19 bits per heavy atom. The standard InChI is InChI=1S/C13H16ClFO/c14-11-5-4-10(13(15)8-11)7-12(16)6-9-2-1-3-9/h4-5,8-9,12,16H,1-3,6-7H2. The molecule has 1 aliphatic carbocycles. The van der Waals surface area contributed by atoms with Crippen molar-refractivity contribution >= 4 is 11.6 Å². The fourth-order valence-corrected chi connectivity index (χ4v) is 2.30. The molecule has 1 unspecified atom stereocenters. The van der Waals surface area contributed by atoms with E-state index in [9.17, 15) is 9.50 Å². The summed E-state index contributed by atoms with van der Waals surface area (Å²) in [6.45, 7) is 0. The molecule has 0 spiro atoms. The van der Waals surface area contributed by atoms with Crippen LogP contribution in [0.25, 0.3) is 0 Å². The minimum atomic E-state index is -0.430. The lowest BCUT2D eigenvalue weighted by Gasteiger charge is -2.27. The van der Waals surface area contributed by atoms with Crippen LogP contribution in [0.1, 0.15) is 31.2 Å². The van der Waals surface area contributed by atoms with Gasteiger partial charge in [0, 0.05) is 11.4 Å². The Kier molecular flexibility index (Phi) is 3.82. The van der Waals surface area contributed by atoms with Crippen LogP contribution in [0.15, 0.2) is 18.2 Å². The second-order valence-electron chi connectivity index (χ2n) is 4.63. The summed E-state index contributed by atoms with van der Waals surface area (Å²) in [7, 11) is 0. The highest BCUT2D eigenvalue weighted by Crippen LogP contribution is 2.31. The van der Waals surface area contributed by atoms with Crippen LogP contribution in [-0.2, 0) is 6.42 Å². The first-order valence-electron chi connectivity index (χ1n) is 5.77. The van der Waals surface area contributed by atoms with E-state index in [4.69, 9.17) is 11.6 Å². The largest absolute Gasteiger partial charge is 0.393 e. The molecular weight excluding hydrogens is 227 g/mol. The van der Waals surface area contributed by atoms with Crippen LogP contribution in [0.2, 0.25) is 5.02 Å². The van der Waals surface area contributed by atoms with Crippen molar-refractivity contribution in [2.24, 2.45) is 5.92 Å². The molecule has 1 fully saturated rings. The van der Waals surface area contributed by atoms with Gasteiger partial charge in [0.05, 0.1) is 6.10 Å². The maximum Gasteiger partial charge on any atom is 0.127 e. The molecule has 0 heterocycles. The third-order valence-corrected chi connectivity index (χ3v) is 3.54. The van der Waals surface area contributed by atoms with Gasteiger partial charge < -0.3 is 5.11 Å². The van der Waals surface area contributed by atoms with Gasteiger partial charge in [0.25, 0.3) is 0 Å². The summed E-state index contributed by atoms with van der Waals surface area (Å²) < 4.78 is 13.4. The molecule has 0 bridgehead atoms. The number of aliphatic hydroxyl groups is 1. The summed E-state index contributed by atoms with van der Waals surface area (Å²) in [5.41, 5.74) is 0.552. The number of halogens is 2. The summed E-state index contributed by atoms with van der Waals surface area (Å²) in [5.74, 6) is 0.325. The number of hydrogen-bond donors (Lipinski definition) is 1. The Balaban J connectivity index is 1.91.